The molecule has 4 heteroatoms. The monoisotopic (exact) mass is 230 g/mol. The van der Waals surface area contributed by atoms with E-state index in [-0.39, 0.29) is 6.04 Å². The summed E-state index contributed by atoms with van der Waals surface area (Å²) >= 11 is 0. The Morgan fingerprint density at radius 1 is 1.12 bits per heavy atom. The fraction of sp³-hybridized carbons (Fsp3) is 0.538. The number of aromatic nitrogens is 3. The van der Waals surface area contributed by atoms with Gasteiger partial charge in [0.1, 0.15) is 5.82 Å². The summed E-state index contributed by atoms with van der Waals surface area (Å²) in [5.41, 5.74) is 7.20. The van der Waals surface area contributed by atoms with Crippen LogP contribution in [-0.2, 0) is 0 Å². The minimum Gasteiger partial charge on any atom is -0.327 e. The molecule has 0 aliphatic heterocycles. The van der Waals surface area contributed by atoms with E-state index in [1.165, 1.54) is 19.3 Å². The zero-order valence-corrected chi connectivity index (χ0v) is 9.92. The van der Waals surface area contributed by atoms with Gasteiger partial charge in [0.05, 0.1) is 0 Å². The van der Waals surface area contributed by atoms with Gasteiger partial charge in [0.25, 0.3) is 0 Å². The summed E-state index contributed by atoms with van der Waals surface area (Å²) in [6.07, 6.45) is 8.06. The van der Waals surface area contributed by atoms with Gasteiger partial charge in [-0.1, -0.05) is 25.3 Å². The summed E-state index contributed by atoms with van der Waals surface area (Å²) in [5, 5.41) is 8.56. The van der Waals surface area contributed by atoms with Gasteiger partial charge in [0.2, 0.25) is 0 Å². The Balaban J connectivity index is 2.01. The molecule has 2 N–H and O–H groups in total. The molecule has 1 aliphatic carbocycles. The van der Waals surface area contributed by atoms with E-state index >= 15 is 0 Å². The predicted molar refractivity (Wildman–Crippen MR) is 66.8 cm³/mol. The van der Waals surface area contributed by atoms with Gasteiger partial charge in [-0.25, -0.2) is 0 Å². The smallest absolute Gasteiger partial charge is 0.160 e. The first kappa shape index (κ1) is 10.7. The summed E-state index contributed by atoms with van der Waals surface area (Å²) in [4.78, 5) is 0. The maximum atomic E-state index is 6.28. The molecule has 2 unspecified atom stereocenters. The Bertz CT molecular complexity index is 505. The minimum absolute atomic E-state index is 0.227. The molecular formula is C13H18N4. The molecule has 2 aromatic rings. The molecule has 1 fully saturated rings. The largest absolute Gasteiger partial charge is 0.327 e. The van der Waals surface area contributed by atoms with Gasteiger partial charge in [-0.15, -0.1) is 10.2 Å². The third-order valence-corrected chi connectivity index (χ3v) is 3.74. The zero-order chi connectivity index (χ0) is 11.7. The Morgan fingerprint density at radius 2 is 2.00 bits per heavy atom. The van der Waals surface area contributed by atoms with Crippen LogP contribution >= 0.6 is 0 Å². The molecule has 0 spiro atoms. The summed E-state index contributed by atoms with van der Waals surface area (Å²) < 4.78 is 2.08. The van der Waals surface area contributed by atoms with E-state index < -0.39 is 0 Å². The summed E-state index contributed by atoms with van der Waals surface area (Å²) in [6.45, 7) is 0. The summed E-state index contributed by atoms with van der Waals surface area (Å²) in [5.74, 6) is 1.39. The maximum Gasteiger partial charge on any atom is 0.160 e. The van der Waals surface area contributed by atoms with E-state index in [0.29, 0.717) is 5.92 Å². The average Bonchev–Trinajstić information content (AvgIpc) is 2.66. The first-order valence-corrected chi connectivity index (χ1v) is 6.41. The molecule has 2 aromatic heterocycles. The van der Waals surface area contributed by atoms with Gasteiger partial charge in [-0.05, 0) is 25.0 Å². The number of rotatable bonds is 1. The Hall–Kier alpha value is -1.42. The molecule has 17 heavy (non-hydrogen) atoms. The van der Waals surface area contributed by atoms with Gasteiger partial charge >= 0.3 is 0 Å². The molecular weight excluding hydrogens is 212 g/mol. The standard InChI is InChI=1S/C13H18N4/c14-11-7-3-1-2-6-10(11)13-16-15-12-8-4-5-9-17(12)13/h4-5,8-11H,1-3,6-7,14H2. The lowest BCUT2D eigenvalue weighted by atomic mass is 9.95. The highest BCUT2D eigenvalue weighted by Crippen LogP contribution is 2.29. The number of nitrogens with two attached hydrogens (primary N) is 1. The lowest BCUT2D eigenvalue weighted by Crippen LogP contribution is -2.28. The van der Waals surface area contributed by atoms with Crippen molar-refractivity contribution in [3.8, 4) is 0 Å². The van der Waals surface area contributed by atoms with E-state index in [1.807, 2.05) is 24.4 Å². The van der Waals surface area contributed by atoms with Gasteiger partial charge < -0.3 is 5.73 Å². The van der Waals surface area contributed by atoms with Crippen molar-refractivity contribution in [1.29, 1.82) is 0 Å². The first-order chi connectivity index (χ1) is 8.36. The van der Waals surface area contributed by atoms with Crippen LogP contribution in [-0.4, -0.2) is 20.6 Å². The Kier molecular flexibility index (Phi) is 2.81. The molecule has 0 amide bonds. The number of hydrogen-bond acceptors (Lipinski definition) is 3. The van der Waals surface area contributed by atoms with Crippen LogP contribution in [0, 0.1) is 0 Å². The van der Waals surface area contributed by atoms with Crippen LogP contribution in [0.15, 0.2) is 24.4 Å². The highest BCUT2D eigenvalue weighted by atomic mass is 15.2. The maximum absolute atomic E-state index is 6.28. The van der Waals surface area contributed by atoms with Crippen molar-refractivity contribution in [1.82, 2.24) is 14.6 Å². The van der Waals surface area contributed by atoms with Crippen molar-refractivity contribution in [2.24, 2.45) is 5.73 Å². The molecule has 0 radical (unpaired) electrons. The Labute approximate surface area is 101 Å². The normalized spacial score (nSPS) is 25.9. The fourth-order valence-corrected chi connectivity index (χ4v) is 2.77. The highest BCUT2D eigenvalue weighted by molar-refractivity contribution is 5.37. The Morgan fingerprint density at radius 3 is 2.94 bits per heavy atom. The predicted octanol–water partition coefficient (Wildman–Crippen LogP) is 2.10. The second-order valence-electron chi connectivity index (χ2n) is 4.90. The van der Waals surface area contributed by atoms with Crippen molar-refractivity contribution in [3.05, 3.63) is 30.2 Å². The van der Waals surface area contributed by atoms with Gasteiger partial charge in [0.15, 0.2) is 5.65 Å². The van der Waals surface area contributed by atoms with Crippen LogP contribution < -0.4 is 5.73 Å². The van der Waals surface area contributed by atoms with Crippen LogP contribution in [0.3, 0.4) is 0 Å². The van der Waals surface area contributed by atoms with Crippen LogP contribution in [0.4, 0.5) is 0 Å². The second-order valence-corrected chi connectivity index (χ2v) is 4.90. The number of nitrogens with zero attached hydrogens (tertiary/aromatic N) is 3. The number of hydrogen-bond donors (Lipinski definition) is 1. The lowest BCUT2D eigenvalue weighted by molar-refractivity contribution is 0.480. The molecule has 0 saturated heterocycles. The molecule has 1 saturated carbocycles. The molecule has 3 rings (SSSR count). The number of fused-ring (bicyclic) bond motifs is 1. The molecule has 0 aromatic carbocycles. The van der Waals surface area contributed by atoms with Crippen molar-refractivity contribution < 1.29 is 0 Å². The van der Waals surface area contributed by atoms with Crippen LogP contribution in [0.5, 0.6) is 0 Å². The highest BCUT2D eigenvalue weighted by Gasteiger charge is 2.26. The van der Waals surface area contributed by atoms with Crippen LogP contribution in [0.1, 0.15) is 43.8 Å². The van der Waals surface area contributed by atoms with Gasteiger partial charge in [0, 0.05) is 18.2 Å². The van der Waals surface area contributed by atoms with E-state index in [0.717, 1.165) is 24.3 Å². The van der Waals surface area contributed by atoms with E-state index in [1.54, 1.807) is 0 Å². The molecule has 1 aliphatic rings. The SMILES string of the molecule is NC1CCCCCC1c1nnc2ccccn12. The van der Waals surface area contributed by atoms with Crippen molar-refractivity contribution in [3.63, 3.8) is 0 Å². The van der Waals surface area contributed by atoms with Crippen molar-refractivity contribution >= 4 is 5.65 Å². The fourth-order valence-electron chi connectivity index (χ4n) is 2.77. The van der Waals surface area contributed by atoms with Crippen molar-refractivity contribution in [2.45, 2.75) is 44.1 Å². The first-order valence-electron chi connectivity index (χ1n) is 6.41. The second kappa shape index (κ2) is 4.45. The average molecular weight is 230 g/mol. The van der Waals surface area contributed by atoms with E-state index in [2.05, 4.69) is 14.6 Å². The minimum atomic E-state index is 0.227. The van der Waals surface area contributed by atoms with E-state index in [9.17, 15) is 0 Å². The molecule has 2 atom stereocenters. The lowest BCUT2D eigenvalue weighted by Gasteiger charge is -2.19. The molecule has 2 heterocycles. The molecule has 0 bridgehead atoms. The van der Waals surface area contributed by atoms with Gasteiger partial charge in [-0.3, -0.25) is 4.40 Å². The van der Waals surface area contributed by atoms with Crippen LogP contribution in [0.2, 0.25) is 0 Å². The summed E-state index contributed by atoms with van der Waals surface area (Å²) in [6, 6.07) is 6.21. The summed E-state index contributed by atoms with van der Waals surface area (Å²) in [7, 11) is 0. The van der Waals surface area contributed by atoms with Crippen molar-refractivity contribution in [2.75, 3.05) is 0 Å². The van der Waals surface area contributed by atoms with Crippen LogP contribution in [0.25, 0.3) is 5.65 Å². The van der Waals surface area contributed by atoms with Gasteiger partial charge in [-0.2, -0.15) is 0 Å². The number of pyridine rings is 1. The molecule has 90 valence electrons. The third kappa shape index (κ3) is 1.93. The quantitative estimate of drug-likeness (QED) is 0.763. The van der Waals surface area contributed by atoms with E-state index in [4.69, 9.17) is 5.73 Å². The zero-order valence-electron chi connectivity index (χ0n) is 9.92. The topological polar surface area (TPSA) is 56.2 Å². The molecule has 4 nitrogen and oxygen atoms in total. The third-order valence-electron chi connectivity index (χ3n) is 3.74.